The van der Waals surface area contributed by atoms with Crippen LogP contribution in [-0.4, -0.2) is 35.6 Å². The van der Waals surface area contributed by atoms with Crippen LogP contribution in [0.25, 0.3) is 0 Å². The van der Waals surface area contributed by atoms with E-state index in [2.05, 4.69) is 0 Å². The minimum atomic E-state index is -0.798. The Labute approximate surface area is 101 Å². The minimum Gasteiger partial charge on any atom is -0.480 e. The number of carbonyl (C=O) groups is 1. The van der Waals surface area contributed by atoms with E-state index in [0.29, 0.717) is 11.6 Å². The van der Waals surface area contributed by atoms with E-state index < -0.39 is 12.0 Å². The topological polar surface area (TPSA) is 40.5 Å². The Hall–Kier alpha value is -1.06. The first-order chi connectivity index (χ1) is 7.50. The first kappa shape index (κ1) is 13.0. The van der Waals surface area contributed by atoms with Crippen LogP contribution in [-0.2, 0) is 11.2 Å². The molecule has 1 aromatic carbocycles. The van der Waals surface area contributed by atoms with Crippen molar-refractivity contribution in [2.45, 2.75) is 19.4 Å². The molecule has 88 valence electrons. The third-order valence-corrected chi connectivity index (χ3v) is 2.90. The molecule has 1 unspecified atom stereocenters. The van der Waals surface area contributed by atoms with Crippen LogP contribution in [0.2, 0.25) is 5.02 Å². The molecule has 0 heterocycles. The molecular formula is C12H16ClNO2. The fourth-order valence-electron chi connectivity index (χ4n) is 1.38. The standard InChI is InChI=1S/C12H16ClNO2/c1-9(12(15)16)14(2)7-6-10-4-3-5-11(13)8-10/h3-5,8-9H,6-7H2,1-2H3,(H,15,16). The summed E-state index contributed by atoms with van der Waals surface area (Å²) < 4.78 is 0. The number of benzene rings is 1. The van der Waals surface area contributed by atoms with Crippen molar-refractivity contribution in [3.63, 3.8) is 0 Å². The second-order valence-corrected chi connectivity index (χ2v) is 4.31. The molecule has 0 saturated carbocycles. The maximum Gasteiger partial charge on any atom is 0.320 e. The quantitative estimate of drug-likeness (QED) is 0.860. The molecule has 0 aliphatic heterocycles. The van der Waals surface area contributed by atoms with Crippen LogP contribution < -0.4 is 0 Å². The molecule has 3 nitrogen and oxygen atoms in total. The molecule has 0 bridgehead atoms. The lowest BCUT2D eigenvalue weighted by Crippen LogP contribution is -2.37. The molecule has 0 fully saturated rings. The molecule has 0 aliphatic carbocycles. The number of likely N-dealkylation sites (N-methyl/N-ethyl adjacent to an activating group) is 1. The van der Waals surface area contributed by atoms with Crippen LogP contribution in [0.4, 0.5) is 0 Å². The molecule has 0 saturated heterocycles. The van der Waals surface area contributed by atoms with E-state index in [1.165, 1.54) is 0 Å². The van der Waals surface area contributed by atoms with Crippen LogP contribution in [0.15, 0.2) is 24.3 Å². The van der Waals surface area contributed by atoms with E-state index in [9.17, 15) is 4.79 Å². The molecule has 1 atom stereocenters. The third kappa shape index (κ3) is 3.83. The van der Waals surface area contributed by atoms with Gasteiger partial charge < -0.3 is 5.11 Å². The summed E-state index contributed by atoms with van der Waals surface area (Å²) in [5.74, 6) is -0.798. The van der Waals surface area contributed by atoms with Crippen LogP contribution >= 0.6 is 11.6 Å². The van der Waals surface area contributed by atoms with Gasteiger partial charge in [-0.1, -0.05) is 23.7 Å². The van der Waals surface area contributed by atoms with Crippen molar-refractivity contribution in [3.05, 3.63) is 34.9 Å². The van der Waals surface area contributed by atoms with Gasteiger partial charge >= 0.3 is 5.97 Å². The van der Waals surface area contributed by atoms with Gasteiger partial charge in [-0.25, -0.2) is 0 Å². The van der Waals surface area contributed by atoms with Gasteiger partial charge in [-0.15, -0.1) is 0 Å². The maximum atomic E-state index is 10.7. The van der Waals surface area contributed by atoms with Gasteiger partial charge in [0.1, 0.15) is 6.04 Å². The van der Waals surface area contributed by atoms with E-state index >= 15 is 0 Å². The van der Waals surface area contributed by atoms with Crippen molar-refractivity contribution >= 4 is 17.6 Å². The van der Waals surface area contributed by atoms with E-state index in [4.69, 9.17) is 16.7 Å². The summed E-state index contributed by atoms with van der Waals surface area (Å²) >= 11 is 5.87. The van der Waals surface area contributed by atoms with Crippen LogP contribution in [0.1, 0.15) is 12.5 Å². The van der Waals surface area contributed by atoms with Gasteiger partial charge in [0.25, 0.3) is 0 Å². The highest BCUT2D eigenvalue weighted by molar-refractivity contribution is 6.30. The maximum absolute atomic E-state index is 10.7. The summed E-state index contributed by atoms with van der Waals surface area (Å²) in [6.45, 7) is 2.38. The van der Waals surface area contributed by atoms with E-state index in [1.54, 1.807) is 6.92 Å². The number of halogens is 1. The van der Waals surface area contributed by atoms with Crippen LogP contribution in [0.5, 0.6) is 0 Å². The summed E-state index contributed by atoms with van der Waals surface area (Å²) in [6, 6.07) is 7.16. The van der Waals surface area contributed by atoms with Crippen LogP contribution in [0.3, 0.4) is 0 Å². The number of nitrogens with zero attached hydrogens (tertiary/aromatic N) is 1. The SMILES string of the molecule is CC(C(=O)O)N(C)CCc1cccc(Cl)c1. The van der Waals surface area contributed by atoms with Crippen molar-refractivity contribution in [2.75, 3.05) is 13.6 Å². The van der Waals surface area contributed by atoms with Crippen molar-refractivity contribution < 1.29 is 9.90 Å². The zero-order valence-corrected chi connectivity index (χ0v) is 10.2. The molecule has 1 N–H and O–H groups in total. The highest BCUT2D eigenvalue weighted by atomic mass is 35.5. The highest BCUT2D eigenvalue weighted by Crippen LogP contribution is 2.11. The Morgan fingerprint density at radius 1 is 1.56 bits per heavy atom. The number of hydrogen-bond donors (Lipinski definition) is 1. The van der Waals surface area contributed by atoms with Crippen molar-refractivity contribution in [3.8, 4) is 0 Å². The second kappa shape index (κ2) is 5.87. The third-order valence-electron chi connectivity index (χ3n) is 2.66. The van der Waals surface area contributed by atoms with E-state index in [0.717, 1.165) is 12.0 Å². The lowest BCUT2D eigenvalue weighted by molar-refractivity contribution is -0.142. The molecular weight excluding hydrogens is 226 g/mol. The summed E-state index contributed by atoms with van der Waals surface area (Å²) in [5, 5.41) is 9.55. The average molecular weight is 242 g/mol. The summed E-state index contributed by atoms with van der Waals surface area (Å²) in [6.07, 6.45) is 0.800. The molecule has 0 amide bonds. The number of carboxylic acid groups (broad SMARTS) is 1. The predicted octanol–water partition coefficient (Wildman–Crippen LogP) is 2.29. The molecule has 4 heteroatoms. The summed E-state index contributed by atoms with van der Waals surface area (Å²) in [4.78, 5) is 12.6. The first-order valence-electron chi connectivity index (χ1n) is 5.18. The van der Waals surface area contributed by atoms with Gasteiger partial charge in [0.15, 0.2) is 0 Å². The van der Waals surface area contributed by atoms with Crippen molar-refractivity contribution in [1.29, 1.82) is 0 Å². The fraction of sp³-hybridized carbons (Fsp3) is 0.417. The average Bonchev–Trinajstić information content (AvgIpc) is 2.24. The number of rotatable bonds is 5. The van der Waals surface area contributed by atoms with Crippen LogP contribution in [0, 0.1) is 0 Å². The lowest BCUT2D eigenvalue weighted by atomic mass is 10.1. The molecule has 0 aromatic heterocycles. The molecule has 0 spiro atoms. The van der Waals surface area contributed by atoms with Gasteiger partial charge in [-0.3, -0.25) is 9.69 Å². The Bertz CT molecular complexity index is 368. The molecule has 1 aromatic rings. The molecule has 1 rings (SSSR count). The van der Waals surface area contributed by atoms with Crippen molar-refractivity contribution in [2.24, 2.45) is 0 Å². The lowest BCUT2D eigenvalue weighted by Gasteiger charge is -2.20. The Morgan fingerprint density at radius 2 is 2.25 bits per heavy atom. The van der Waals surface area contributed by atoms with E-state index in [-0.39, 0.29) is 0 Å². The summed E-state index contributed by atoms with van der Waals surface area (Å²) in [5.41, 5.74) is 1.12. The predicted molar refractivity (Wildman–Crippen MR) is 64.9 cm³/mol. The zero-order chi connectivity index (χ0) is 12.1. The van der Waals surface area contributed by atoms with Gasteiger partial charge in [0.05, 0.1) is 0 Å². The summed E-state index contributed by atoms with van der Waals surface area (Å²) in [7, 11) is 1.81. The second-order valence-electron chi connectivity index (χ2n) is 3.87. The normalized spacial score (nSPS) is 12.8. The van der Waals surface area contributed by atoms with Gasteiger partial charge in [-0.2, -0.15) is 0 Å². The number of aliphatic carboxylic acids is 1. The Kier molecular flexibility index (Phi) is 4.77. The zero-order valence-electron chi connectivity index (χ0n) is 9.48. The number of hydrogen-bond acceptors (Lipinski definition) is 2. The highest BCUT2D eigenvalue weighted by Gasteiger charge is 2.15. The van der Waals surface area contributed by atoms with Crippen molar-refractivity contribution in [1.82, 2.24) is 4.90 Å². The number of carboxylic acids is 1. The van der Waals surface area contributed by atoms with Gasteiger partial charge in [-0.05, 0) is 38.1 Å². The minimum absolute atomic E-state index is 0.459. The Morgan fingerprint density at radius 3 is 2.81 bits per heavy atom. The largest absolute Gasteiger partial charge is 0.480 e. The Balaban J connectivity index is 2.48. The molecule has 16 heavy (non-hydrogen) atoms. The fourth-order valence-corrected chi connectivity index (χ4v) is 1.59. The van der Waals surface area contributed by atoms with Gasteiger partial charge in [0.2, 0.25) is 0 Å². The molecule has 0 aliphatic rings. The van der Waals surface area contributed by atoms with Gasteiger partial charge in [0, 0.05) is 11.6 Å². The first-order valence-corrected chi connectivity index (χ1v) is 5.56. The van der Waals surface area contributed by atoms with E-state index in [1.807, 2.05) is 36.2 Å². The monoisotopic (exact) mass is 241 g/mol. The smallest absolute Gasteiger partial charge is 0.320 e. The molecule has 0 radical (unpaired) electrons.